The fourth-order valence-corrected chi connectivity index (χ4v) is 5.44. The highest BCUT2D eigenvalue weighted by atomic mass is 32.1. The van der Waals surface area contributed by atoms with E-state index >= 15 is 0 Å². The van der Waals surface area contributed by atoms with Gasteiger partial charge in [0.2, 0.25) is 11.3 Å². The van der Waals surface area contributed by atoms with Crippen LogP contribution in [0.1, 0.15) is 34.3 Å². The minimum atomic E-state index is -1.17. The second kappa shape index (κ2) is 8.05. The number of aromatic nitrogens is 2. The minimum absolute atomic E-state index is 0.115. The van der Waals surface area contributed by atoms with Crippen molar-refractivity contribution < 1.29 is 19.1 Å². The summed E-state index contributed by atoms with van der Waals surface area (Å²) in [6.07, 6.45) is 4.53. The van der Waals surface area contributed by atoms with Crippen LogP contribution in [0.2, 0.25) is 0 Å². The van der Waals surface area contributed by atoms with Gasteiger partial charge >= 0.3 is 0 Å². The fourth-order valence-electron chi connectivity index (χ4n) is 4.49. The summed E-state index contributed by atoms with van der Waals surface area (Å²) in [5, 5.41) is 11.2. The van der Waals surface area contributed by atoms with Gasteiger partial charge in [-0.3, -0.25) is 14.4 Å². The molecule has 5 rings (SSSR count). The Labute approximate surface area is 198 Å². The number of thiazole rings is 1. The molecule has 34 heavy (non-hydrogen) atoms. The highest BCUT2D eigenvalue weighted by Gasteiger charge is 2.48. The molecule has 1 N–H and O–H groups in total. The summed E-state index contributed by atoms with van der Waals surface area (Å²) in [5.74, 6) is -1.69. The summed E-state index contributed by atoms with van der Waals surface area (Å²) in [7, 11) is 1.55. The van der Waals surface area contributed by atoms with Crippen molar-refractivity contribution in [3.05, 3.63) is 68.8 Å². The highest BCUT2D eigenvalue weighted by Crippen LogP contribution is 2.35. The Morgan fingerprint density at radius 2 is 1.94 bits per heavy atom. The number of fused-ring (bicyclic) bond motifs is 1. The van der Waals surface area contributed by atoms with Crippen molar-refractivity contribution in [1.82, 2.24) is 19.4 Å². The number of pyridine rings is 1. The van der Waals surface area contributed by atoms with Crippen molar-refractivity contribution >= 4 is 23.2 Å². The molecule has 0 spiro atoms. The second-order valence-electron chi connectivity index (χ2n) is 8.95. The van der Waals surface area contributed by atoms with Crippen LogP contribution < -0.4 is 5.43 Å². The van der Waals surface area contributed by atoms with Gasteiger partial charge in [0.1, 0.15) is 16.4 Å². The molecular weight excluding hydrogens is 459 g/mol. The van der Waals surface area contributed by atoms with Crippen LogP contribution in [0.15, 0.2) is 41.5 Å². The van der Waals surface area contributed by atoms with Crippen LogP contribution in [0.4, 0.5) is 4.39 Å². The van der Waals surface area contributed by atoms with Crippen molar-refractivity contribution in [3.8, 4) is 16.3 Å². The third-order valence-electron chi connectivity index (χ3n) is 6.49. The summed E-state index contributed by atoms with van der Waals surface area (Å²) in [4.78, 5) is 47.6. The maximum Gasteiger partial charge on any atom is 0.274 e. The number of hydrogen-bond donors (Lipinski definition) is 1. The first-order valence-corrected chi connectivity index (χ1v) is 11.7. The van der Waals surface area contributed by atoms with E-state index in [1.165, 1.54) is 39.1 Å². The third-order valence-corrected chi connectivity index (χ3v) is 7.52. The standard InChI is InChI=1S/C24H23FN4O4S/c1-24(23(33)28-8-3-9-28)13-27(2)22(32)18-20(31)19(30)17(12-29(18)24)21-26-11-16(34-21)10-14-4-6-15(25)7-5-14/h4-7,11-12,31H,3,8-10,13H2,1-2H3/t24-/m0/s1. The molecular formula is C24H23FN4O4S. The average Bonchev–Trinajstić information content (AvgIpc) is 3.22. The zero-order valence-corrected chi connectivity index (χ0v) is 19.6. The Bertz CT molecular complexity index is 1360. The smallest absolute Gasteiger partial charge is 0.274 e. The number of carbonyl (C=O) groups is 2. The molecule has 4 heterocycles. The average molecular weight is 483 g/mol. The summed E-state index contributed by atoms with van der Waals surface area (Å²) >= 11 is 1.27. The predicted octanol–water partition coefficient (Wildman–Crippen LogP) is 2.44. The van der Waals surface area contributed by atoms with Gasteiger partial charge in [0.05, 0.1) is 12.1 Å². The molecule has 176 valence electrons. The van der Waals surface area contributed by atoms with Crippen LogP contribution in [-0.4, -0.2) is 63.0 Å². The summed E-state index contributed by atoms with van der Waals surface area (Å²) in [6.45, 7) is 3.11. The molecule has 1 aromatic carbocycles. The lowest BCUT2D eigenvalue weighted by atomic mass is 9.92. The molecule has 2 aliphatic rings. The van der Waals surface area contributed by atoms with E-state index in [0.29, 0.717) is 24.5 Å². The molecule has 1 fully saturated rings. The molecule has 2 aliphatic heterocycles. The molecule has 0 radical (unpaired) electrons. The quantitative estimate of drug-likeness (QED) is 0.616. The van der Waals surface area contributed by atoms with Gasteiger partial charge in [-0.05, 0) is 31.0 Å². The lowest BCUT2D eigenvalue weighted by Crippen LogP contribution is -2.61. The number of aromatic hydroxyl groups is 1. The van der Waals surface area contributed by atoms with E-state index in [1.54, 1.807) is 37.2 Å². The largest absolute Gasteiger partial charge is 0.503 e. The Balaban J connectivity index is 1.58. The molecule has 3 aromatic rings. The SMILES string of the molecule is CN1C[C@@](C)(C(=O)N2CCC2)n2cc(-c3ncc(Cc4ccc(F)cc4)s3)c(=O)c(O)c2C1=O. The molecule has 1 saturated heterocycles. The first-order chi connectivity index (χ1) is 16.2. The summed E-state index contributed by atoms with van der Waals surface area (Å²) < 4.78 is 14.6. The molecule has 0 saturated carbocycles. The normalized spacial score (nSPS) is 19.7. The van der Waals surface area contributed by atoms with Crippen LogP contribution in [0, 0.1) is 5.82 Å². The predicted molar refractivity (Wildman–Crippen MR) is 124 cm³/mol. The van der Waals surface area contributed by atoms with Gasteiger partial charge < -0.3 is 19.5 Å². The number of amides is 2. The van der Waals surface area contributed by atoms with E-state index in [0.717, 1.165) is 16.9 Å². The van der Waals surface area contributed by atoms with E-state index in [9.17, 15) is 23.9 Å². The van der Waals surface area contributed by atoms with Gasteiger partial charge in [-0.15, -0.1) is 11.3 Å². The Morgan fingerprint density at radius 3 is 2.59 bits per heavy atom. The first kappa shape index (κ1) is 22.3. The Hall–Kier alpha value is -3.53. The monoisotopic (exact) mass is 482 g/mol. The maximum absolute atomic E-state index is 13.4. The number of likely N-dealkylation sites (N-methyl/N-ethyl adjacent to an activating group) is 1. The van der Waals surface area contributed by atoms with Crippen molar-refractivity contribution in [2.45, 2.75) is 25.3 Å². The zero-order valence-electron chi connectivity index (χ0n) is 18.7. The molecule has 8 nitrogen and oxygen atoms in total. The Morgan fingerprint density at radius 1 is 1.24 bits per heavy atom. The number of rotatable bonds is 4. The molecule has 10 heteroatoms. The van der Waals surface area contributed by atoms with Crippen LogP contribution in [-0.2, 0) is 16.8 Å². The number of hydrogen-bond acceptors (Lipinski definition) is 6. The van der Waals surface area contributed by atoms with Crippen LogP contribution in [0.25, 0.3) is 10.6 Å². The van der Waals surface area contributed by atoms with Gasteiger partial charge in [0.25, 0.3) is 5.91 Å². The lowest BCUT2D eigenvalue weighted by molar-refractivity contribution is -0.144. The van der Waals surface area contributed by atoms with Crippen molar-refractivity contribution in [1.29, 1.82) is 0 Å². The molecule has 1 atom stereocenters. The van der Waals surface area contributed by atoms with Gasteiger partial charge in [-0.2, -0.15) is 0 Å². The van der Waals surface area contributed by atoms with E-state index in [1.807, 2.05) is 0 Å². The molecule has 2 aromatic heterocycles. The number of nitrogens with zero attached hydrogens (tertiary/aromatic N) is 4. The highest BCUT2D eigenvalue weighted by molar-refractivity contribution is 7.15. The van der Waals surface area contributed by atoms with E-state index in [2.05, 4.69) is 4.98 Å². The molecule has 0 aliphatic carbocycles. The van der Waals surface area contributed by atoms with Crippen LogP contribution >= 0.6 is 11.3 Å². The van der Waals surface area contributed by atoms with E-state index in [-0.39, 0.29) is 29.5 Å². The van der Waals surface area contributed by atoms with Crippen LogP contribution in [0.5, 0.6) is 5.75 Å². The fraction of sp³-hybridized carbons (Fsp3) is 0.333. The molecule has 0 unspecified atom stereocenters. The number of halogens is 1. The Kier molecular flexibility index (Phi) is 5.27. The minimum Gasteiger partial charge on any atom is -0.503 e. The van der Waals surface area contributed by atoms with Crippen molar-refractivity contribution in [2.75, 3.05) is 26.7 Å². The number of likely N-dealkylation sites (tertiary alicyclic amines) is 1. The van der Waals surface area contributed by atoms with Gasteiger partial charge in [0.15, 0.2) is 11.4 Å². The van der Waals surface area contributed by atoms with Crippen molar-refractivity contribution in [2.24, 2.45) is 0 Å². The summed E-state index contributed by atoms with van der Waals surface area (Å²) in [6, 6.07) is 6.14. The lowest BCUT2D eigenvalue weighted by Gasteiger charge is -2.45. The van der Waals surface area contributed by atoms with E-state index in [4.69, 9.17) is 0 Å². The second-order valence-corrected chi connectivity index (χ2v) is 10.1. The van der Waals surface area contributed by atoms with Crippen molar-refractivity contribution in [3.63, 3.8) is 0 Å². The maximum atomic E-state index is 13.4. The zero-order chi connectivity index (χ0) is 24.2. The molecule has 2 amide bonds. The molecule has 0 bridgehead atoms. The summed E-state index contributed by atoms with van der Waals surface area (Å²) in [5.41, 5.74) is -1.06. The van der Waals surface area contributed by atoms with Gasteiger partial charge in [-0.25, -0.2) is 9.37 Å². The van der Waals surface area contributed by atoms with Crippen LogP contribution in [0.3, 0.4) is 0 Å². The number of carbonyl (C=O) groups excluding carboxylic acids is 2. The van der Waals surface area contributed by atoms with Gasteiger partial charge in [-0.1, -0.05) is 12.1 Å². The van der Waals surface area contributed by atoms with E-state index < -0.39 is 22.6 Å². The first-order valence-electron chi connectivity index (χ1n) is 10.9. The third kappa shape index (κ3) is 3.49. The topological polar surface area (TPSA) is 95.7 Å². The number of benzene rings is 1. The van der Waals surface area contributed by atoms with Gasteiger partial charge in [0, 0.05) is 43.8 Å².